The van der Waals surface area contributed by atoms with E-state index >= 15 is 0 Å². The molecule has 158 valence electrons. The molecular formula is C23H39N3OS. The molecule has 0 fully saturated rings. The molecule has 1 rings (SSSR count). The smallest absolute Gasteiger partial charge is 0.243 e. The lowest BCUT2D eigenvalue weighted by atomic mass is 9.87. The minimum atomic E-state index is -0.0707. The van der Waals surface area contributed by atoms with Gasteiger partial charge < -0.3 is 16.8 Å². The molecule has 5 heteroatoms. The van der Waals surface area contributed by atoms with E-state index in [1.165, 1.54) is 11.0 Å². The van der Waals surface area contributed by atoms with E-state index in [0.717, 1.165) is 36.3 Å². The molecule has 1 amide bonds. The zero-order valence-electron chi connectivity index (χ0n) is 18.0. The van der Waals surface area contributed by atoms with Gasteiger partial charge in [0.2, 0.25) is 5.91 Å². The van der Waals surface area contributed by atoms with Crippen LogP contribution < -0.4 is 16.8 Å². The summed E-state index contributed by atoms with van der Waals surface area (Å²) in [7, 11) is 0. The van der Waals surface area contributed by atoms with Crippen molar-refractivity contribution in [1.82, 2.24) is 5.32 Å². The fourth-order valence-corrected chi connectivity index (χ4v) is 4.27. The molecule has 3 atom stereocenters. The third-order valence-electron chi connectivity index (χ3n) is 5.58. The molecule has 0 saturated carbocycles. The number of carbonyl (C=O) groups is 1. The first-order valence-corrected chi connectivity index (χ1v) is 11.3. The minimum absolute atomic E-state index is 0.0707. The molecule has 0 aliphatic heterocycles. The highest BCUT2D eigenvalue weighted by Crippen LogP contribution is 2.38. The van der Waals surface area contributed by atoms with Crippen molar-refractivity contribution in [2.24, 2.45) is 35.1 Å². The Balaban J connectivity index is 2.57. The average molecular weight is 406 g/mol. The van der Waals surface area contributed by atoms with Crippen LogP contribution in [0.3, 0.4) is 0 Å². The highest BCUT2D eigenvalue weighted by Gasteiger charge is 2.20. The van der Waals surface area contributed by atoms with E-state index in [9.17, 15) is 4.79 Å². The Morgan fingerprint density at radius 1 is 1.43 bits per heavy atom. The Morgan fingerprint density at radius 2 is 2.14 bits per heavy atom. The number of nitrogens with two attached hydrogens (primary N) is 2. The number of hydrogen-bond acceptors (Lipinski definition) is 4. The van der Waals surface area contributed by atoms with Crippen LogP contribution in [0.2, 0.25) is 0 Å². The van der Waals surface area contributed by atoms with Crippen molar-refractivity contribution in [2.45, 2.75) is 53.4 Å². The van der Waals surface area contributed by atoms with Crippen molar-refractivity contribution in [2.75, 3.05) is 13.1 Å². The number of carbonyl (C=O) groups excluding carboxylic acids is 1. The van der Waals surface area contributed by atoms with Crippen LogP contribution in [-0.4, -0.2) is 19.0 Å². The van der Waals surface area contributed by atoms with E-state index in [0.29, 0.717) is 36.8 Å². The third-order valence-corrected chi connectivity index (χ3v) is 6.72. The van der Waals surface area contributed by atoms with Gasteiger partial charge >= 0.3 is 0 Å². The predicted octanol–water partition coefficient (Wildman–Crippen LogP) is 4.71. The Hall–Kier alpha value is -1.46. The molecule has 0 aromatic rings. The van der Waals surface area contributed by atoms with Crippen molar-refractivity contribution in [3.8, 4) is 0 Å². The van der Waals surface area contributed by atoms with Crippen LogP contribution in [0, 0.1) is 23.7 Å². The van der Waals surface area contributed by atoms with Gasteiger partial charge in [0.25, 0.3) is 0 Å². The largest absolute Gasteiger partial charge is 0.398 e. The van der Waals surface area contributed by atoms with E-state index in [1.807, 2.05) is 0 Å². The van der Waals surface area contributed by atoms with Crippen molar-refractivity contribution < 1.29 is 4.79 Å². The maximum Gasteiger partial charge on any atom is 0.243 e. The van der Waals surface area contributed by atoms with Gasteiger partial charge in [-0.2, -0.15) is 0 Å². The molecule has 1 aliphatic carbocycles. The summed E-state index contributed by atoms with van der Waals surface area (Å²) in [6.07, 6.45) is 11.5. The summed E-state index contributed by atoms with van der Waals surface area (Å²) in [5.74, 6) is 2.06. The molecule has 0 bridgehead atoms. The van der Waals surface area contributed by atoms with Gasteiger partial charge in [-0.05, 0) is 53.9 Å². The molecule has 3 unspecified atom stereocenters. The summed E-state index contributed by atoms with van der Waals surface area (Å²) < 4.78 is 0. The lowest BCUT2D eigenvalue weighted by Crippen LogP contribution is -2.31. The normalized spacial score (nSPS) is 19.3. The first-order valence-electron chi connectivity index (χ1n) is 10.4. The van der Waals surface area contributed by atoms with Gasteiger partial charge in [-0.3, -0.25) is 4.79 Å². The van der Waals surface area contributed by atoms with Gasteiger partial charge in [0.05, 0.1) is 0 Å². The van der Waals surface area contributed by atoms with Crippen molar-refractivity contribution in [1.29, 1.82) is 0 Å². The Bertz CT molecular complexity index is 607. The van der Waals surface area contributed by atoms with Gasteiger partial charge in [-0.1, -0.05) is 64.6 Å². The summed E-state index contributed by atoms with van der Waals surface area (Å²) in [5.41, 5.74) is 12.5. The summed E-state index contributed by atoms with van der Waals surface area (Å²) in [6.45, 7) is 14.3. The lowest BCUT2D eigenvalue weighted by molar-refractivity contribution is -0.116. The van der Waals surface area contributed by atoms with E-state index in [2.05, 4.69) is 51.7 Å². The highest BCUT2D eigenvalue weighted by molar-refractivity contribution is 8.06. The molecule has 28 heavy (non-hydrogen) atoms. The van der Waals surface area contributed by atoms with E-state index in [4.69, 9.17) is 11.5 Å². The number of amides is 1. The lowest BCUT2D eigenvalue weighted by Gasteiger charge is -2.25. The van der Waals surface area contributed by atoms with Crippen LogP contribution in [0.25, 0.3) is 0 Å². The quantitative estimate of drug-likeness (QED) is 0.411. The minimum Gasteiger partial charge on any atom is -0.398 e. The first kappa shape index (κ1) is 24.6. The number of hydrogen-bond donors (Lipinski definition) is 3. The molecule has 0 spiro atoms. The highest BCUT2D eigenvalue weighted by atomic mass is 32.2. The van der Waals surface area contributed by atoms with E-state index < -0.39 is 0 Å². The van der Waals surface area contributed by atoms with Crippen molar-refractivity contribution >= 4 is 17.7 Å². The SMILES string of the molecule is C=C(CCC(CNC(=O)/C=C/CN)C(C)CC)SC1=C(N)C=CC(C(C)C)C1. The molecule has 4 nitrogen and oxygen atoms in total. The van der Waals surface area contributed by atoms with Gasteiger partial charge in [0.15, 0.2) is 0 Å². The van der Waals surface area contributed by atoms with Crippen LogP contribution in [0.4, 0.5) is 0 Å². The molecule has 0 heterocycles. The Labute approximate surface area is 176 Å². The second kappa shape index (κ2) is 12.9. The molecule has 0 aromatic carbocycles. The fraction of sp³-hybridized carbons (Fsp3) is 0.609. The standard InChI is InChI=1S/C23H39N3OS/c1-6-17(4)20(15-26-23(27)8-7-13-24)10-9-18(5)28-22-14-19(16(2)3)11-12-21(22)25/h7-8,11-12,16-17,19-20H,5-6,9-10,13-15,24-25H2,1-4H3,(H,26,27)/b8-7+. The summed E-state index contributed by atoms with van der Waals surface area (Å²) in [4.78, 5) is 14.2. The predicted molar refractivity (Wildman–Crippen MR) is 123 cm³/mol. The topological polar surface area (TPSA) is 81.1 Å². The number of nitrogens with one attached hydrogen (secondary N) is 1. The van der Waals surface area contributed by atoms with Crippen LogP contribution in [-0.2, 0) is 4.79 Å². The van der Waals surface area contributed by atoms with E-state index in [1.54, 1.807) is 17.8 Å². The molecular weight excluding hydrogens is 366 g/mol. The van der Waals surface area contributed by atoms with Gasteiger partial charge in [-0.15, -0.1) is 0 Å². The van der Waals surface area contributed by atoms with Gasteiger partial charge in [-0.25, -0.2) is 0 Å². The number of allylic oxidation sites excluding steroid dienone is 4. The fourth-order valence-electron chi connectivity index (χ4n) is 3.24. The first-order chi connectivity index (χ1) is 13.3. The summed E-state index contributed by atoms with van der Waals surface area (Å²) in [5, 5.41) is 3.01. The van der Waals surface area contributed by atoms with Crippen molar-refractivity contribution in [3.05, 3.63) is 46.4 Å². The number of thioether (sulfide) groups is 1. The van der Waals surface area contributed by atoms with Crippen LogP contribution >= 0.6 is 11.8 Å². The monoisotopic (exact) mass is 405 g/mol. The molecule has 1 aliphatic rings. The summed E-state index contributed by atoms with van der Waals surface area (Å²) >= 11 is 1.74. The van der Waals surface area contributed by atoms with Crippen molar-refractivity contribution in [3.63, 3.8) is 0 Å². The van der Waals surface area contributed by atoms with Crippen LogP contribution in [0.5, 0.6) is 0 Å². The average Bonchev–Trinajstić information content (AvgIpc) is 2.67. The van der Waals surface area contributed by atoms with Crippen LogP contribution in [0.1, 0.15) is 53.4 Å². The maximum atomic E-state index is 11.8. The Kier molecular flexibility index (Phi) is 11.3. The number of rotatable bonds is 12. The second-order valence-corrected chi connectivity index (χ2v) is 9.33. The third kappa shape index (κ3) is 8.70. The summed E-state index contributed by atoms with van der Waals surface area (Å²) in [6, 6.07) is 0. The molecule has 0 radical (unpaired) electrons. The molecule has 0 saturated heterocycles. The maximum absolute atomic E-state index is 11.8. The molecule has 5 N–H and O–H groups in total. The van der Waals surface area contributed by atoms with Crippen LogP contribution in [0.15, 0.2) is 46.4 Å². The van der Waals surface area contributed by atoms with Gasteiger partial charge in [0.1, 0.15) is 0 Å². The zero-order valence-corrected chi connectivity index (χ0v) is 18.9. The van der Waals surface area contributed by atoms with Gasteiger partial charge in [0, 0.05) is 29.8 Å². The Morgan fingerprint density at radius 3 is 2.75 bits per heavy atom. The van der Waals surface area contributed by atoms with E-state index in [-0.39, 0.29) is 5.91 Å². The molecule has 0 aromatic heterocycles. The zero-order chi connectivity index (χ0) is 21.1. The second-order valence-electron chi connectivity index (χ2n) is 8.06.